The van der Waals surface area contributed by atoms with E-state index in [-0.39, 0.29) is 24.0 Å². The monoisotopic (exact) mass is 367 g/mol. The predicted octanol–water partition coefficient (Wildman–Crippen LogP) is 1.06. The average molecular weight is 367 g/mol. The molecule has 9 heteroatoms. The van der Waals surface area contributed by atoms with Crippen molar-refractivity contribution in [2.45, 2.75) is 26.7 Å². The van der Waals surface area contributed by atoms with Gasteiger partial charge in [-0.2, -0.15) is 0 Å². The molecule has 0 aliphatic rings. The lowest BCUT2D eigenvalue weighted by Gasteiger charge is -2.11. The van der Waals surface area contributed by atoms with Crippen LogP contribution in [-0.4, -0.2) is 36.1 Å². The fourth-order valence-corrected chi connectivity index (χ4v) is 1.69. The van der Waals surface area contributed by atoms with Gasteiger partial charge in [0.1, 0.15) is 5.75 Å². The van der Waals surface area contributed by atoms with E-state index in [1.165, 1.54) is 0 Å². The summed E-state index contributed by atoms with van der Waals surface area (Å²) in [5.41, 5.74) is 5.08. The third-order valence-corrected chi connectivity index (χ3v) is 2.99. The number of hydrogen-bond acceptors (Lipinski definition) is 6. The zero-order valence-corrected chi connectivity index (χ0v) is 14.9. The molecule has 0 unspecified atom stereocenters. The normalized spacial score (nSPS) is 9.68. The highest BCUT2D eigenvalue weighted by atomic mass is 32.1. The number of nitrogens with one attached hydrogen (secondary N) is 3. The highest BCUT2D eigenvalue weighted by molar-refractivity contribution is 7.80. The van der Waals surface area contributed by atoms with Crippen LogP contribution >= 0.6 is 12.2 Å². The molecule has 3 N–H and O–H groups in total. The summed E-state index contributed by atoms with van der Waals surface area (Å²) >= 11 is 4.82. The van der Waals surface area contributed by atoms with Gasteiger partial charge in [0.15, 0.2) is 11.7 Å². The third kappa shape index (κ3) is 8.11. The van der Waals surface area contributed by atoms with Gasteiger partial charge < -0.3 is 14.8 Å². The van der Waals surface area contributed by atoms with E-state index in [9.17, 15) is 14.4 Å². The molecule has 0 fully saturated rings. The second-order valence-electron chi connectivity index (χ2n) is 4.85. The summed E-state index contributed by atoms with van der Waals surface area (Å²) in [5.74, 6) is -0.734. The van der Waals surface area contributed by atoms with Gasteiger partial charge in [-0.3, -0.25) is 20.4 Å². The quantitative estimate of drug-likeness (QED) is 0.376. The fraction of sp³-hybridized carbons (Fsp3) is 0.375. The minimum absolute atomic E-state index is 0.00450. The molecule has 0 aliphatic carbocycles. The van der Waals surface area contributed by atoms with E-state index in [1.807, 2.05) is 6.92 Å². The molecular formula is C16H21N3O5S. The number of carbonyl (C=O) groups excluding carboxylic acids is 3. The lowest BCUT2D eigenvalue weighted by atomic mass is 10.2. The van der Waals surface area contributed by atoms with Gasteiger partial charge in [-0.25, -0.2) is 4.79 Å². The van der Waals surface area contributed by atoms with Crippen LogP contribution in [0, 0.1) is 0 Å². The van der Waals surface area contributed by atoms with Gasteiger partial charge in [-0.05, 0) is 42.9 Å². The molecule has 0 bridgehead atoms. The van der Waals surface area contributed by atoms with E-state index in [0.717, 1.165) is 6.42 Å². The predicted molar refractivity (Wildman–Crippen MR) is 94.8 cm³/mol. The number of hydrazine groups is 1. The van der Waals surface area contributed by atoms with E-state index >= 15 is 0 Å². The Kier molecular flexibility index (Phi) is 8.94. The Bertz CT molecular complexity index is 619. The maximum absolute atomic E-state index is 11.7. The topological polar surface area (TPSA) is 106 Å². The van der Waals surface area contributed by atoms with Crippen molar-refractivity contribution in [2.75, 3.05) is 13.2 Å². The van der Waals surface area contributed by atoms with Crippen LogP contribution in [0.15, 0.2) is 24.3 Å². The lowest BCUT2D eigenvalue weighted by molar-refractivity contribution is -0.124. The molecule has 2 amide bonds. The second-order valence-corrected chi connectivity index (χ2v) is 5.26. The van der Waals surface area contributed by atoms with Crippen molar-refractivity contribution in [3.8, 4) is 5.75 Å². The fourth-order valence-electron chi connectivity index (χ4n) is 1.52. The molecule has 1 aromatic rings. The summed E-state index contributed by atoms with van der Waals surface area (Å²) in [7, 11) is 0. The lowest BCUT2D eigenvalue weighted by Crippen LogP contribution is -2.49. The number of ether oxygens (including phenoxy) is 2. The number of benzene rings is 1. The number of thiocarbonyl (C=S) groups is 1. The molecule has 0 heterocycles. The Labute approximate surface area is 151 Å². The number of rotatable bonds is 7. The van der Waals surface area contributed by atoms with Crippen LogP contribution in [0.2, 0.25) is 0 Å². The van der Waals surface area contributed by atoms with Gasteiger partial charge in [0.05, 0.1) is 12.2 Å². The first-order valence-corrected chi connectivity index (χ1v) is 8.15. The highest BCUT2D eigenvalue weighted by Gasteiger charge is 2.08. The molecule has 1 aromatic carbocycles. The first-order chi connectivity index (χ1) is 12.0. The Hall–Kier alpha value is -2.68. The SMILES string of the molecule is CCCOC(=O)c1ccc(OCC(=O)NNC(=S)NC(=O)CC)cc1. The Balaban J connectivity index is 2.35. The molecule has 25 heavy (non-hydrogen) atoms. The zero-order chi connectivity index (χ0) is 18.7. The minimum atomic E-state index is -0.487. The van der Waals surface area contributed by atoms with E-state index in [4.69, 9.17) is 21.7 Å². The van der Waals surface area contributed by atoms with Crippen molar-refractivity contribution in [2.24, 2.45) is 0 Å². The van der Waals surface area contributed by atoms with E-state index in [1.54, 1.807) is 31.2 Å². The summed E-state index contributed by atoms with van der Waals surface area (Å²) < 4.78 is 10.3. The minimum Gasteiger partial charge on any atom is -0.484 e. The summed E-state index contributed by atoms with van der Waals surface area (Å²) in [5, 5.41) is 2.37. The van der Waals surface area contributed by atoms with Crippen molar-refractivity contribution in [3.05, 3.63) is 29.8 Å². The summed E-state index contributed by atoms with van der Waals surface area (Å²) in [4.78, 5) is 34.4. The van der Waals surface area contributed by atoms with Crippen molar-refractivity contribution in [1.29, 1.82) is 0 Å². The van der Waals surface area contributed by atoms with Gasteiger partial charge in [0, 0.05) is 6.42 Å². The zero-order valence-electron chi connectivity index (χ0n) is 14.1. The van der Waals surface area contributed by atoms with Crippen LogP contribution in [0.3, 0.4) is 0 Å². The number of carbonyl (C=O) groups is 3. The van der Waals surface area contributed by atoms with Crippen molar-refractivity contribution in [1.82, 2.24) is 16.2 Å². The first-order valence-electron chi connectivity index (χ1n) is 7.74. The Morgan fingerprint density at radius 3 is 2.32 bits per heavy atom. The Morgan fingerprint density at radius 1 is 1.04 bits per heavy atom. The van der Waals surface area contributed by atoms with Gasteiger partial charge in [-0.15, -0.1) is 0 Å². The number of amides is 2. The second kappa shape index (κ2) is 11.0. The van der Waals surface area contributed by atoms with E-state index in [2.05, 4.69) is 16.2 Å². The number of esters is 1. The van der Waals surface area contributed by atoms with Crippen LogP contribution in [0.25, 0.3) is 0 Å². The number of hydrogen-bond donors (Lipinski definition) is 3. The summed E-state index contributed by atoms with van der Waals surface area (Å²) in [6.07, 6.45) is 1.03. The average Bonchev–Trinajstić information content (AvgIpc) is 2.62. The van der Waals surface area contributed by atoms with Gasteiger partial charge in [0.2, 0.25) is 5.91 Å². The van der Waals surface area contributed by atoms with E-state index in [0.29, 0.717) is 17.9 Å². The van der Waals surface area contributed by atoms with Gasteiger partial charge in [0.25, 0.3) is 5.91 Å². The van der Waals surface area contributed by atoms with Gasteiger partial charge in [-0.1, -0.05) is 13.8 Å². The molecular weight excluding hydrogens is 346 g/mol. The van der Waals surface area contributed by atoms with Crippen LogP contribution in [0.5, 0.6) is 5.75 Å². The maximum Gasteiger partial charge on any atom is 0.338 e. The van der Waals surface area contributed by atoms with Gasteiger partial charge >= 0.3 is 5.97 Å². The molecule has 0 aromatic heterocycles. The van der Waals surface area contributed by atoms with E-state index < -0.39 is 11.9 Å². The molecule has 0 aliphatic heterocycles. The molecule has 8 nitrogen and oxygen atoms in total. The molecule has 0 radical (unpaired) electrons. The molecule has 0 saturated heterocycles. The molecule has 0 atom stereocenters. The first kappa shape index (κ1) is 20.4. The smallest absolute Gasteiger partial charge is 0.338 e. The summed E-state index contributed by atoms with van der Waals surface area (Å²) in [6.45, 7) is 3.69. The molecule has 1 rings (SSSR count). The Morgan fingerprint density at radius 2 is 1.72 bits per heavy atom. The van der Waals surface area contributed by atoms with Crippen molar-refractivity contribution in [3.63, 3.8) is 0 Å². The van der Waals surface area contributed by atoms with Crippen LogP contribution in [0.4, 0.5) is 0 Å². The third-order valence-electron chi connectivity index (χ3n) is 2.79. The van der Waals surface area contributed by atoms with Crippen molar-refractivity contribution < 1.29 is 23.9 Å². The molecule has 0 saturated carbocycles. The maximum atomic E-state index is 11.7. The summed E-state index contributed by atoms with van der Waals surface area (Å²) in [6, 6.07) is 6.24. The largest absolute Gasteiger partial charge is 0.484 e. The van der Waals surface area contributed by atoms with Crippen molar-refractivity contribution >= 4 is 35.1 Å². The van der Waals surface area contributed by atoms with Crippen LogP contribution in [0.1, 0.15) is 37.0 Å². The molecule has 0 spiro atoms. The highest BCUT2D eigenvalue weighted by Crippen LogP contribution is 2.13. The van der Waals surface area contributed by atoms with Crippen LogP contribution in [-0.2, 0) is 14.3 Å². The molecule has 136 valence electrons. The standard InChI is InChI=1S/C16H21N3O5S/c1-3-9-23-15(22)11-5-7-12(8-6-11)24-10-14(21)18-19-16(25)17-13(20)4-2/h5-8H,3-4,9-10H2,1-2H3,(H,18,21)(H2,17,19,20,25). The van der Waals surface area contributed by atoms with Crippen LogP contribution < -0.4 is 20.9 Å².